The van der Waals surface area contributed by atoms with Gasteiger partial charge in [-0.2, -0.15) is 0 Å². The van der Waals surface area contributed by atoms with Crippen LogP contribution in [0.5, 0.6) is 0 Å². The van der Waals surface area contributed by atoms with Gasteiger partial charge in [-0.15, -0.1) is 0 Å². The van der Waals surface area contributed by atoms with Crippen LogP contribution in [0.15, 0.2) is 18.5 Å². The van der Waals surface area contributed by atoms with E-state index >= 15 is 0 Å². The highest BCUT2D eigenvalue weighted by Crippen LogP contribution is 2.40. The van der Waals surface area contributed by atoms with Gasteiger partial charge in [0.25, 0.3) is 0 Å². The van der Waals surface area contributed by atoms with Crippen molar-refractivity contribution in [2.75, 3.05) is 6.54 Å². The van der Waals surface area contributed by atoms with Crippen molar-refractivity contribution in [2.24, 2.45) is 5.92 Å². The van der Waals surface area contributed by atoms with Crippen LogP contribution in [0.2, 0.25) is 0 Å². The second-order valence-corrected chi connectivity index (χ2v) is 4.21. The van der Waals surface area contributed by atoms with Crippen molar-refractivity contribution in [2.45, 2.75) is 32.2 Å². The molecule has 1 atom stereocenters. The molecular formula is C12H17FN2. The van der Waals surface area contributed by atoms with Crippen molar-refractivity contribution in [3.8, 4) is 0 Å². The van der Waals surface area contributed by atoms with E-state index in [9.17, 15) is 4.39 Å². The number of rotatable bonds is 5. The van der Waals surface area contributed by atoms with Crippen molar-refractivity contribution in [1.82, 2.24) is 10.3 Å². The molecule has 3 heteroatoms. The summed E-state index contributed by atoms with van der Waals surface area (Å²) >= 11 is 0. The first-order valence-corrected chi connectivity index (χ1v) is 5.65. The van der Waals surface area contributed by atoms with Gasteiger partial charge in [-0.1, -0.05) is 6.92 Å². The fourth-order valence-electron chi connectivity index (χ4n) is 1.88. The minimum absolute atomic E-state index is 0.239. The zero-order valence-corrected chi connectivity index (χ0v) is 9.04. The summed E-state index contributed by atoms with van der Waals surface area (Å²) in [5, 5.41) is 3.47. The molecule has 0 radical (unpaired) electrons. The second kappa shape index (κ2) is 4.71. The molecule has 82 valence electrons. The van der Waals surface area contributed by atoms with Crippen molar-refractivity contribution < 1.29 is 4.39 Å². The van der Waals surface area contributed by atoms with E-state index in [0.717, 1.165) is 18.5 Å². The van der Waals surface area contributed by atoms with E-state index in [1.807, 2.05) is 0 Å². The molecule has 1 unspecified atom stereocenters. The average Bonchev–Trinajstić information content (AvgIpc) is 3.03. The highest BCUT2D eigenvalue weighted by atomic mass is 19.1. The summed E-state index contributed by atoms with van der Waals surface area (Å²) in [5.74, 6) is 0.441. The molecule has 0 saturated heterocycles. The van der Waals surface area contributed by atoms with Crippen molar-refractivity contribution >= 4 is 0 Å². The number of hydrogen-bond donors (Lipinski definition) is 1. The van der Waals surface area contributed by atoms with Crippen LogP contribution in [-0.4, -0.2) is 11.5 Å². The largest absolute Gasteiger partial charge is 0.310 e. The first-order chi connectivity index (χ1) is 7.31. The normalized spacial score (nSPS) is 17.7. The predicted molar refractivity (Wildman–Crippen MR) is 58.0 cm³/mol. The van der Waals surface area contributed by atoms with Crippen molar-refractivity contribution in [3.63, 3.8) is 0 Å². The zero-order chi connectivity index (χ0) is 10.7. The summed E-state index contributed by atoms with van der Waals surface area (Å²) in [6.07, 6.45) is 6.63. The number of hydrogen-bond acceptors (Lipinski definition) is 2. The Labute approximate surface area is 89.9 Å². The number of pyridine rings is 1. The molecule has 2 nitrogen and oxygen atoms in total. The number of halogens is 1. The fourth-order valence-corrected chi connectivity index (χ4v) is 1.88. The summed E-state index contributed by atoms with van der Waals surface area (Å²) < 4.78 is 13.0. The molecule has 0 bridgehead atoms. The van der Waals surface area contributed by atoms with Crippen LogP contribution < -0.4 is 5.32 Å². The Morgan fingerprint density at radius 2 is 2.33 bits per heavy atom. The van der Waals surface area contributed by atoms with Crippen LogP contribution in [0, 0.1) is 11.7 Å². The SMILES string of the molecule is CCCNC(c1cncc(F)c1)C1CC1. The van der Waals surface area contributed by atoms with E-state index in [1.165, 1.54) is 19.0 Å². The molecule has 1 aromatic heterocycles. The average molecular weight is 208 g/mol. The van der Waals surface area contributed by atoms with Gasteiger partial charge in [0.05, 0.1) is 6.20 Å². The third-order valence-corrected chi connectivity index (χ3v) is 2.79. The molecule has 2 rings (SSSR count). The van der Waals surface area contributed by atoms with Gasteiger partial charge in [0, 0.05) is 12.2 Å². The maximum atomic E-state index is 13.0. The van der Waals surface area contributed by atoms with Gasteiger partial charge in [0.1, 0.15) is 5.82 Å². The van der Waals surface area contributed by atoms with Crippen LogP contribution in [0.25, 0.3) is 0 Å². The van der Waals surface area contributed by atoms with Gasteiger partial charge in [0.15, 0.2) is 0 Å². The number of aromatic nitrogens is 1. The molecule has 0 spiro atoms. The Balaban J connectivity index is 2.09. The lowest BCUT2D eigenvalue weighted by Gasteiger charge is -2.17. The Hall–Kier alpha value is -0.960. The van der Waals surface area contributed by atoms with Crippen molar-refractivity contribution in [1.29, 1.82) is 0 Å². The highest BCUT2D eigenvalue weighted by Gasteiger charge is 2.32. The van der Waals surface area contributed by atoms with Crippen LogP contribution in [0.4, 0.5) is 4.39 Å². The highest BCUT2D eigenvalue weighted by molar-refractivity contribution is 5.17. The van der Waals surface area contributed by atoms with E-state index in [4.69, 9.17) is 0 Å². The van der Waals surface area contributed by atoms with E-state index in [2.05, 4.69) is 17.2 Å². The molecule has 15 heavy (non-hydrogen) atoms. The summed E-state index contributed by atoms with van der Waals surface area (Å²) in [5.41, 5.74) is 0.992. The van der Waals surface area contributed by atoms with Gasteiger partial charge in [-0.05, 0) is 43.4 Å². The molecule has 0 amide bonds. The van der Waals surface area contributed by atoms with E-state index in [-0.39, 0.29) is 5.82 Å². The number of nitrogens with one attached hydrogen (secondary N) is 1. The van der Waals surface area contributed by atoms with Crippen LogP contribution in [-0.2, 0) is 0 Å². The molecule has 1 N–H and O–H groups in total. The lowest BCUT2D eigenvalue weighted by atomic mass is 10.0. The Morgan fingerprint density at radius 1 is 1.53 bits per heavy atom. The summed E-state index contributed by atoms with van der Waals surface area (Å²) in [6, 6.07) is 1.90. The van der Waals surface area contributed by atoms with Gasteiger partial charge in [0.2, 0.25) is 0 Å². The molecule has 1 fully saturated rings. The molecule has 1 aliphatic carbocycles. The first-order valence-electron chi connectivity index (χ1n) is 5.65. The van der Waals surface area contributed by atoms with Gasteiger partial charge in [-0.3, -0.25) is 4.98 Å². The fraction of sp³-hybridized carbons (Fsp3) is 0.583. The zero-order valence-electron chi connectivity index (χ0n) is 9.04. The van der Waals surface area contributed by atoms with E-state index in [1.54, 1.807) is 12.3 Å². The molecule has 1 aromatic rings. The molecule has 1 heterocycles. The topological polar surface area (TPSA) is 24.9 Å². The molecule has 0 aliphatic heterocycles. The van der Waals surface area contributed by atoms with Crippen LogP contribution in [0.1, 0.15) is 37.8 Å². The third-order valence-electron chi connectivity index (χ3n) is 2.79. The Bertz CT molecular complexity index is 323. The molecule has 1 aliphatic rings. The van der Waals surface area contributed by atoms with E-state index in [0.29, 0.717) is 12.0 Å². The van der Waals surface area contributed by atoms with Crippen LogP contribution in [0.3, 0.4) is 0 Å². The van der Waals surface area contributed by atoms with E-state index < -0.39 is 0 Å². The monoisotopic (exact) mass is 208 g/mol. The Kier molecular flexibility index (Phi) is 3.31. The molecule has 0 aromatic carbocycles. The first kappa shape index (κ1) is 10.6. The molecular weight excluding hydrogens is 191 g/mol. The lowest BCUT2D eigenvalue weighted by Crippen LogP contribution is -2.24. The minimum atomic E-state index is -0.239. The van der Waals surface area contributed by atoms with Crippen LogP contribution >= 0.6 is 0 Å². The predicted octanol–water partition coefficient (Wildman–Crippen LogP) is 2.67. The standard InChI is InChI=1S/C12H17FN2/c1-2-5-15-12(9-3-4-9)10-6-11(13)8-14-7-10/h6-9,12,15H,2-5H2,1H3. The Morgan fingerprint density at radius 3 is 2.93 bits per heavy atom. The maximum Gasteiger partial charge on any atom is 0.141 e. The second-order valence-electron chi connectivity index (χ2n) is 4.21. The summed E-state index contributed by atoms with van der Waals surface area (Å²) in [4.78, 5) is 3.91. The number of nitrogens with zero attached hydrogens (tertiary/aromatic N) is 1. The van der Waals surface area contributed by atoms with Gasteiger partial charge in [-0.25, -0.2) is 4.39 Å². The summed E-state index contributed by atoms with van der Waals surface area (Å²) in [7, 11) is 0. The summed E-state index contributed by atoms with van der Waals surface area (Å²) in [6.45, 7) is 3.12. The molecule has 1 saturated carbocycles. The maximum absolute atomic E-state index is 13.0. The third kappa shape index (κ3) is 2.75. The van der Waals surface area contributed by atoms with Gasteiger partial charge < -0.3 is 5.32 Å². The minimum Gasteiger partial charge on any atom is -0.310 e. The van der Waals surface area contributed by atoms with Crippen molar-refractivity contribution in [3.05, 3.63) is 29.8 Å². The lowest BCUT2D eigenvalue weighted by molar-refractivity contribution is 0.476. The quantitative estimate of drug-likeness (QED) is 0.804. The smallest absolute Gasteiger partial charge is 0.141 e. The van der Waals surface area contributed by atoms with Gasteiger partial charge >= 0.3 is 0 Å².